The monoisotopic (exact) mass is 195 g/mol. The molecular formula is C10H17N3O. The summed E-state index contributed by atoms with van der Waals surface area (Å²) < 4.78 is 5.65. The second kappa shape index (κ2) is 4.79. The Hall–Kier alpha value is -1.32. The number of hydrogen-bond donors (Lipinski definition) is 1. The lowest BCUT2D eigenvalue weighted by Crippen LogP contribution is -2.12. The maximum absolute atomic E-state index is 5.65. The molecule has 0 aliphatic carbocycles. The summed E-state index contributed by atoms with van der Waals surface area (Å²) in [5, 5.41) is 2.88. The fourth-order valence-corrected chi connectivity index (χ4v) is 0.940. The molecule has 14 heavy (non-hydrogen) atoms. The Bertz CT molecular complexity index is 301. The van der Waals surface area contributed by atoms with Crippen LogP contribution in [0.25, 0.3) is 0 Å². The molecule has 1 unspecified atom stereocenters. The van der Waals surface area contributed by atoms with Crippen LogP contribution >= 0.6 is 0 Å². The lowest BCUT2D eigenvalue weighted by atomic mass is 10.3. The maximum atomic E-state index is 5.65. The maximum Gasteiger partial charge on any atom is 0.225 e. The highest BCUT2D eigenvalue weighted by Gasteiger charge is 2.07. The molecule has 0 aliphatic rings. The highest BCUT2D eigenvalue weighted by molar-refractivity contribution is 5.31. The van der Waals surface area contributed by atoms with Crippen molar-refractivity contribution in [2.75, 3.05) is 12.4 Å². The van der Waals surface area contributed by atoms with Gasteiger partial charge in [-0.05, 0) is 20.3 Å². The molecule has 1 N–H and O–H groups in total. The van der Waals surface area contributed by atoms with E-state index in [1.807, 2.05) is 13.8 Å². The van der Waals surface area contributed by atoms with Crippen molar-refractivity contribution in [3.8, 4) is 5.88 Å². The zero-order valence-corrected chi connectivity index (χ0v) is 9.16. The fourth-order valence-electron chi connectivity index (χ4n) is 0.940. The fraction of sp³-hybridized carbons (Fsp3) is 0.600. The third kappa shape index (κ3) is 2.58. The van der Waals surface area contributed by atoms with Crippen LogP contribution in [0.2, 0.25) is 0 Å². The summed E-state index contributed by atoms with van der Waals surface area (Å²) >= 11 is 0. The highest BCUT2D eigenvalue weighted by Crippen LogP contribution is 2.16. The quantitative estimate of drug-likeness (QED) is 0.798. The summed E-state index contributed by atoms with van der Waals surface area (Å²) in [6, 6.07) is 0. The van der Waals surface area contributed by atoms with Gasteiger partial charge in [0.15, 0.2) is 0 Å². The third-order valence-corrected chi connectivity index (χ3v) is 2.04. The van der Waals surface area contributed by atoms with Gasteiger partial charge in [-0.3, -0.25) is 0 Å². The Morgan fingerprint density at radius 1 is 1.57 bits per heavy atom. The van der Waals surface area contributed by atoms with Crippen LogP contribution in [0.4, 0.5) is 5.95 Å². The first-order valence-electron chi connectivity index (χ1n) is 4.85. The zero-order valence-electron chi connectivity index (χ0n) is 9.16. The highest BCUT2D eigenvalue weighted by atomic mass is 16.5. The van der Waals surface area contributed by atoms with Gasteiger partial charge in [-0.2, -0.15) is 4.98 Å². The molecule has 0 fully saturated rings. The second-order valence-electron chi connectivity index (χ2n) is 3.27. The van der Waals surface area contributed by atoms with Gasteiger partial charge in [-0.25, -0.2) is 4.98 Å². The lowest BCUT2D eigenvalue weighted by Gasteiger charge is -2.13. The molecule has 1 aromatic rings. The van der Waals surface area contributed by atoms with Crippen LogP contribution in [-0.4, -0.2) is 23.1 Å². The number of aryl methyl sites for hydroxylation is 1. The summed E-state index contributed by atoms with van der Waals surface area (Å²) in [5.74, 6) is 1.26. The van der Waals surface area contributed by atoms with E-state index in [1.165, 1.54) is 0 Å². The van der Waals surface area contributed by atoms with Gasteiger partial charge in [0.2, 0.25) is 11.8 Å². The number of anilines is 1. The number of nitrogens with one attached hydrogen (secondary N) is 1. The van der Waals surface area contributed by atoms with Crippen molar-refractivity contribution < 1.29 is 4.74 Å². The van der Waals surface area contributed by atoms with Crippen LogP contribution in [0.5, 0.6) is 5.88 Å². The molecule has 0 amide bonds. The van der Waals surface area contributed by atoms with Crippen LogP contribution in [0.3, 0.4) is 0 Å². The van der Waals surface area contributed by atoms with Gasteiger partial charge in [0.1, 0.15) is 0 Å². The summed E-state index contributed by atoms with van der Waals surface area (Å²) in [4.78, 5) is 8.32. The van der Waals surface area contributed by atoms with Gasteiger partial charge in [0.05, 0.1) is 6.10 Å². The minimum atomic E-state index is 0.188. The molecular weight excluding hydrogens is 178 g/mol. The van der Waals surface area contributed by atoms with Gasteiger partial charge >= 0.3 is 0 Å². The van der Waals surface area contributed by atoms with Gasteiger partial charge in [-0.1, -0.05) is 6.92 Å². The van der Waals surface area contributed by atoms with Gasteiger partial charge in [0, 0.05) is 18.8 Å². The second-order valence-corrected chi connectivity index (χ2v) is 3.27. The van der Waals surface area contributed by atoms with E-state index in [2.05, 4.69) is 22.2 Å². The van der Waals surface area contributed by atoms with Crippen molar-refractivity contribution in [2.45, 2.75) is 33.3 Å². The van der Waals surface area contributed by atoms with Crippen molar-refractivity contribution in [2.24, 2.45) is 0 Å². The SMILES string of the molecule is CCC(C)Oc1nc(NC)ncc1C. The molecule has 0 aliphatic heterocycles. The predicted molar refractivity (Wildman–Crippen MR) is 56.7 cm³/mol. The molecule has 0 saturated carbocycles. The van der Waals surface area contributed by atoms with Crippen molar-refractivity contribution in [3.05, 3.63) is 11.8 Å². The first-order valence-corrected chi connectivity index (χ1v) is 4.85. The van der Waals surface area contributed by atoms with E-state index in [1.54, 1.807) is 13.2 Å². The number of nitrogens with zero attached hydrogens (tertiary/aromatic N) is 2. The summed E-state index contributed by atoms with van der Waals surface area (Å²) in [5.41, 5.74) is 0.962. The van der Waals surface area contributed by atoms with E-state index in [9.17, 15) is 0 Å². The van der Waals surface area contributed by atoms with E-state index in [4.69, 9.17) is 4.74 Å². The molecule has 0 saturated heterocycles. The molecule has 0 bridgehead atoms. The van der Waals surface area contributed by atoms with Crippen LogP contribution < -0.4 is 10.1 Å². The number of rotatable bonds is 4. The molecule has 1 aromatic heterocycles. The van der Waals surface area contributed by atoms with E-state index in [0.29, 0.717) is 11.8 Å². The van der Waals surface area contributed by atoms with E-state index in [0.717, 1.165) is 12.0 Å². The van der Waals surface area contributed by atoms with Gasteiger partial charge in [-0.15, -0.1) is 0 Å². The molecule has 1 heterocycles. The Labute approximate surface area is 84.7 Å². The molecule has 0 aromatic carbocycles. The summed E-state index contributed by atoms with van der Waals surface area (Å²) in [6.07, 6.45) is 2.92. The molecule has 1 atom stereocenters. The normalized spacial score (nSPS) is 12.3. The van der Waals surface area contributed by atoms with E-state index < -0.39 is 0 Å². The van der Waals surface area contributed by atoms with Gasteiger partial charge in [0.25, 0.3) is 0 Å². The average Bonchev–Trinajstić information content (AvgIpc) is 2.21. The molecule has 4 heteroatoms. The topological polar surface area (TPSA) is 47.0 Å². The molecule has 4 nitrogen and oxygen atoms in total. The van der Waals surface area contributed by atoms with Crippen molar-refractivity contribution in [3.63, 3.8) is 0 Å². The standard InChI is InChI=1S/C10H17N3O/c1-5-8(3)14-9-7(2)6-12-10(11-4)13-9/h6,8H,5H2,1-4H3,(H,11,12,13). The number of ether oxygens (including phenoxy) is 1. The van der Waals surface area contributed by atoms with Crippen molar-refractivity contribution >= 4 is 5.95 Å². The Kier molecular flexibility index (Phi) is 3.68. The average molecular weight is 195 g/mol. The van der Waals surface area contributed by atoms with Crippen LogP contribution in [-0.2, 0) is 0 Å². The lowest BCUT2D eigenvalue weighted by molar-refractivity contribution is 0.207. The Balaban J connectivity index is 2.83. The summed E-state index contributed by atoms with van der Waals surface area (Å²) in [7, 11) is 1.79. The summed E-state index contributed by atoms with van der Waals surface area (Å²) in [6.45, 7) is 6.05. The van der Waals surface area contributed by atoms with Gasteiger partial charge < -0.3 is 10.1 Å². The van der Waals surface area contributed by atoms with Crippen LogP contribution in [0, 0.1) is 6.92 Å². The van der Waals surface area contributed by atoms with Crippen molar-refractivity contribution in [1.82, 2.24) is 9.97 Å². The minimum absolute atomic E-state index is 0.188. The van der Waals surface area contributed by atoms with E-state index >= 15 is 0 Å². The Morgan fingerprint density at radius 2 is 2.29 bits per heavy atom. The smallest absolute Gasteiger partial charge is 0.225 e. The predicted octanol–water partition coefficient (Wildman–Crippen LogP) is 2.00. The molecule has 1 rings (SSSR count). The largest absolute Gasteiger partial charge is 0.474 e. The number of aromatic nitrogens is 2. The minimum Gasteiger partial charge on any atom is -0.474 e. The van der Waals surface area contributed by atoms with Crippen LogP contribution in [0.15, 0.2) is 6.20 Å². The van der Waals surface area contributed by atoms with E-state index in [-0.39, 0.29) is 6.10 Å². The molecule has 0 spiro atoms. The number of hydrogen-bond acceptors (Lipinski definition) is 4. The Morgan fingerprint density at radius 3 is 2.86 bits per heavy atom. The first kappa shape index (κ1) is 10.8. The molecule has 78 valence electrons. The van der Waals surface area contributed by atoms with Crippen LogP contribution in [0.1, 0.15) is 25.8 Å². The first-order chi connectivity index (χ1) is 6.67. The zero-order chi connectivity index (χ0) is 10.6. The van der Waals surface area contributed by atoms with Crippen molar-refractivity contribution in [1.29, 1.82) is 0 Å². The third-order valence-electron chi connectivity index (χ3n) is 2.04. The molecule has 0 radical (unpaired) electrons.